The summed E-state index contributed by atoms with van der Waals surface area (Å²) in [7, 11) is 0. The first-order chi connectivity index (χ1) is 12.6. The van der Waals surface area contributed by atoms with Gasteiger partial charge in [0.25, 0.3) is 5.91 Å². The van der Waals surface area contributed by atoms with Crippen LogP contribution in [0.2, 0.25) is 0 Å². The number of nitrogens with one attached hydrogen (secondary N) is 2. The highest BCUT2D eigenvalue weighted by molar-refractivity contribution is 6.07. The van der Waals surface area contributed by atoms with E-state index in [1.807, 2.05) is 36.4 Å². The van der Waals surface area contributed by atoms with Gasteiger partial charge in [-0.3, -0.25) is 9.59 Å². The van der Waals surface area contributed by atoms with Gasteiger partial charge in [-0.05, 0) is 36.6 Å². The van der Waals surface area contributed by atoms with E-state index in [9.17, 15) is 9.59 Å². The lowest BCUT2D eigenvalue weighted by atomic mass is 9.95. The normalized spacial score (nSPS) is 15.7. The van der Waals surface area contributed by atoms with Crippen LogP contribution in [0.25, 0.3) is 10.8 Å². The lowest BCUT2D eigenvalue weighted by Gasteiger charge is -2.22. The zero-order chi connectivity index (χ0) is 18.4. The van der Waals surface area contributed by atoms with Crippen LogP contribution in [-0.4, -0.2) is 23.6 Å². The van der Waals surface area contributed by atoms with E-state index in [1.54, 1.807) is 13.0 Å². The third-order valence-electron chi connectivity index (χ3n) is 4.77. The van der Waals surface area contributed by atoms with Crippen LogP contribution in [0.4, 0.5) is 0 Å². The molecule has 2 N–H and O–H groups in total. The molecule has 5 heteroatoms. The van der Waals surface area contributed by atoms with Crippen molar-refractivity contribution in [2.45, 2.75) is 51.5 Å². The van der Waals surface area contributed by atoms with Crippen LogP contribution in [0, 0.1) is 0 Å². The molecule has 136 valence electrons. The standard InChI is InChI=1S/C21H25N3O2/c1-15(14-20(25)22-17-10-3-2-4-11-17)23-24-21(26)19-13-7-9-16-8-5-6-12-18(16)19/h5-9,12-13,17H,2-4,10-11,14H2,1H3,(H,22,25)(H,24,26)/b23-15+. The SMILES string of the molecule is C/C(CC(=O)NC1CCCCC1)=N\NC(=O)c1cccc2ccccc12. The minimum absolute atomic E-state index is 0.0300. The van der Waals surface area contributed by atoms with E-state index in [4.69, 9.17) is 0 Å². The Kier molecular flexibility index (Phi) is 6.00. The highest BCUT2D eigenvalue weighted by Crippen LogP contribution is 2.18. The number of carbonyl (C=O) groups is 2. The van der Waals surface area contributed by atoms with Crippen molar-refractivity contribution in [3.05, 3.63) is 48.0 Å². The molecule has 2 amide bonds. The summed E-state index contributed by atoms with van der Waals surface area (Å²) in [5, 5.41) is 9.05. The molecule has 0 unspecified atom stereocenters. The third-order valence-corrected chi connectivity index (χ3v) is 4.77. The summed E-state index contributed by atoms with van der Waals surface area (Å²) in [4.78, 5) is 24.6. The molecular formula is C21H25N3O2. The maximum Gasteiger partial charge on any atom is 0.271 e. The topological polar surface area (TPSA) is 70.6 Å². The van der Waals surface area contributed by atoms with Gasteiger partial charge in [0.05, 0.1) is 6.42 Å². The summed E-state index contributed by atoms with van der Waals surface area (Å²) in [6.07, 6.45) is 5.93. The largest absolute Gasteiger partial charge is 0.353 e. The molecule has 1 saturated carbocycles. The molecule has 26 heavy (non-hydrogen) atoms. The quantitative estimate of drug-likeness (QED) is 0.636. The molecular weight excluding hydrogens is 326 g/mol. The zero-order valence-electron chi connectivity index (χ0n) is 15.1. The first-order valence-electron chi connectivity index (χ1n) is 9.24. The van der Waals surface area contributed by atoms with Gasteiger partial charge in [-0.2, -0.15) is 5.10 Å². The molecule has 0 bridgehead atoms. The summed E-state index contributed by atoms with van der Waals surface area (Å²) < 4.78 is 0. The van der Waals surface area contributed by atoms with E-state index in [0.29, 0.717) is 11.3 Å². The van der Waals surface area contributed by atoms with Crippen LogP contribution in [0.5, 0.6) is 0 Å². The fourth-order valence-corrected chi connectivity index (χ4v) is 3.43. The van der Waals surface area contributed by atoms with Gasteiger partial charge in [0.2, 0.25) is 5.91 Å². The highest BCUT2D eigenvalue weighted by Gasteiger charge is 2.16. The van der Waals surface area contributed by atoms with Crippen molar-refractivity contribution in [2.24, 2.45) is 5.10 Å². The Morgan fingerprint density at radius 3 is 2.58 bits per heavy atom. The smallest absolute Gasteiger partial charge is 0.271 e. The number of hydrogen-bond donors (Lipinski definition) is 2. The summed E-state index contributed by atoms with van der Waals surface area (Å²) in [5.74, 6) is -0.300. The van der Waals surface area contributed by atoms with Gasteiger partial charge >= 0.3 is 0 Å². The minimum atomic E-state index is -0.270. The van der Waals surface area contributed by atoms with Crippen molar-refractivity contribution in [1.82, 2.24) is 10.7 Å². The van der Waals surface area contributed by atoms with Crippen molar-refractivity contribution in [2.75, 3.05) is 0 Å². The van der Waals surface area contributed by atoms with Crippen LogP contribution in [-0.2, 0) is 4.79 Å². The maximum atomic E-state index is 12.4. The number of rotatable bonds is 5. The monoisotopic (exact) mass is 351 g/mol. The lowest BCUT2D eigenvalue weighted by Crippen LogP contribution is -2.37. The molecule has 0 heterocycles. The zero-order valence-corrected chi connectivity index (χ0v) is 15.1. The number of amides is 2. The van der Waals surface area contributed by atoms with Gasteiger partial charge in [-0.25, -0.2) is 5.43 Å². The average molecular weight is 351 g/mol. The van der Waals surface area contributed by atoms with E-state index in [-0.39, 0.29) is 24.3 Å². The number of hydrogen-bond acceptors (Lipinski definition) is 3. The summed E-state index contributed by atoms with van der Waals surface area (Å²) >= 11 is 0. The van der Waals surface area contributed by atoms with E-state index in [2.05, 4.69) is 15.8 Å². The minimum Gasteiger partial charge on any atom is -0.353 e. The fraction of sp³-hybridized carbons (Fsp3) is 0.381. The van der Waals surface area contributed by atoms with E-state index < -0.39 is 0 Å². The van der Waals surface area contributed by atoms with Crippen molar-refractivity contribution in [3.63, 3.8) is 0 Å². The molecule has 1 fully saturated rings. The number of benzene rings is 2. The summed E-state index contributed by atoms with van der Waals surface area (Å²) in [6.45, 7) is 1.75. The number of nitrogens with zero attached hydrogens (tertiary/aromatic N) is 1. The molecule has 1 aliphatic rings. The van der Waals surface area contributed by atoms with Gasteiger partial charge in [0.15, 0.2) is 0 Å². The summed E-state index contributed by atoms with van der Waals surface area (Å²) in [6, 6.07) is 13.6. The second-order valence-corrected chi connectivity index (χ2v) is 6.89. The van der Waals surface area contributed by atoms with Gasteiger partial charge in [-0.15, -0.1) is 0 Å². The Balaban J connectivity index is 1.57. The average Bonchev–Trinajstić information content (AvgIpc) is 2.66. The van der Waals surface area contributed by atoms with Crippen molar-refractivity contribution < 1.29 is 9.59 Å². The Bertz CT molecular complexity index is 818. The van der Waals surface area contributed by atoms with Crippen molar-refractivity contribution in [3.8, 4) is 0 Å². The lowest BCUT2D eigenvalue weighted by molar-refractivity contribution is -0.120. The molecule has 0 radical (unpaired) electrons. The second kappa shape index (κ2) is 8.61. The van der Waals surface area contributed by atoms with E-state index >= 15 is 0 Å². The Labute approximate surface area is 153 Å². The van der Waals surface area contributed by atoms with E-state index in [1.165, 1.54) is 19.3 Å². The number of carbonyl (C=O) groups excluding carboxylic acids is 2. The van der Waals surface area contributed by atoms with Crippen LogP contribution in [0.1, 0.15) is 55.8 Å². The second-order valence-electron chi connectivity index (χ2n) is 6.89. The molecule has 5 nitrogen and oxygen atoms in total. The molecule has 2 aromatic rings. The van der Waals surface area contributed by atoms with Crippen LogP contribution in [0.3, 0.4) is 0 Å². The molecule has 0 saturated heterocycles. The third kappa shape index (κ3) is 4.69. The van der Waals surface area contributed by atoms with Gasteiger partial charge in [0.1, 0.15) is 0 Å². The van der Waals surface area contributed by atoms with Crippen LogP contribution >= 0.6 is 0 Å². The van der Waals surface area contributed by atoms with Crippen LogP contribution in [0.15, 0.2) is 47.6 Å². The molecule has 0 aliphatic heterocycles. The first-order valence-corrected chi connectivity index (χ1v) is 9.24. The molecule has 2 aromatic carbocycles. The Morgan fingerprint density at radius 2 is 1.77 bits per heavy atom. The first kappa shape index (κ1) is 18.1. The molecule has 0 atom stereocenters. The molecule has 0 aromatic heterocycles. The highest BCUT2D eigenvalue weighted by atomic mass is 16.2. The van der Waals surface area contributed by atoms with E-state index in [0.717, 1.165) is 23.6 Å². The molecule has 3 rings (SSSR count). The maximum absolute atomic E-state index is 12.4. The predicted octanol–water partition coefficient (Wildman–Crippen LogP) is 3.78. The van der Waals surface area contributed by atoms with Gasteiger partial charge in [-0.1, -0.05) is 55.7 Å². The van der Waals surface area contributed by atoms with Crippen LogP contribution < -0.4 is 10.7 Å². The van der Waals surface area contributed by atoms with Gasteiger partial charge in [0, 0.05) is 17.3 Å². The van der Waals surface area contributed by atoms with Crippen molar-refractivity contribution >= 4 is 28.3 Å². The number of hydrazone groups is 1. The number of fused-ring (bicyclic) bond motifs is 1. The molecule has 1 aliphatic carbocycles. The van der Waals surface area contributed by atoms with Gasteiger partial charge < -0.3 is 5.32 Å². The Morgan fingerprint density at radius 1 is 1.04 bits per heavy atom. The molecule has 0 spiro atoms. The van der Waals surface area contributed by atoms with Crippen molar-refractivity contribution in [1.29, 1.82) is 0 Å². The predicted molar refractivity (Wildman–Crippen MR) is 104 cm³/mol. The fourth-order valence-electron chi connectivity index (χ4n) is 3.43. The Hall–Kier alpha value is -2.69. The summed E-state index contributed by atoms with van der Waals surface area (Å²) in [5.41, 5.74) is 3.73.